The summed E-state index contributed by atoms with van der Waals surface area (Å²) in [6.45, 7) is 4.14. The Morgan fingerprint density at radius 3 is 2.55 bits per heavy atom. The fraction of sp³-hybridized carbons (Fsp3) is 0.118. The molecule has 0 bridgehead atoms. The molecular formula is C17H14ClNO. The molecule has 3 aromatic rings. The molecule has 0 aliphatic heterocycles. The van der Waals surface area contributed by atoms with E-state index in [9.17, 15) is 4.79 Å². The van der Waals surface area contributed by atoms with Gasteiger partial charge in [-0.15, -0.1) is 0 Å². The van der Waals surface area contributed by atoms with Gasteiger partial charge in [0.15, 0.2) is 6.29 Å². The fourth-order valence-electron chi connectivity index (χ4n) is 2.43. The molecule has 20 heavy (non-hydrogen) atoms. The van der Waals surface area contributed by atoms with Gasteiger partial charge in [-0.2, -0.15) is 0 Å². The standard InChI is InChI=1S/C17H14ClNO/c1-10-3-4-12(7-11(10)2)17-15(9-20)14-8-13(18)5-6-16(14)19-17/h3-9,19H,1-2H3. The van der Waals surface area contributed by atoms with Gasteiger partial charge in [0.25, 0.3) is 0 Å². The summed E-state index contributed by atoms with van der Waals surface area (Å²) in [5, 5.41) is 1.49. The molecule has 3 rings (SSSR count). The van der Waals surface area contributed by atoms with Crippen LogP contribution in [0, 0.1) is 13.8 Å². The molecule has 2 aromatic carbocycles. The molecule has 0 aliphatic rings. The summed E-state index contributed by atoms with van der Waals surface area (Å²) in [6.07, 6.45) is 0.889. The molecule has 3 heteroatoms. The number of carbonyl (C=O) groups excluding carboxylic acids is 1. The van der Waals surface area contributed by atoms with Gasteiger partial charge < -0.3 is 4.98 Å². The Balaban J connectivity index is 2.30. The summed E-state index contributed by atoms with van der Waals surface area (Å²) >= 11 is 6.02. The number of nitrogens with one attached hydrogen (secondary N) is 1. The second-order valence-corrected chi connectivity index (χ2v) is 5.46. The Morgan fingerprint density at radius 2 is 1.85 bits per heavy atom. The number of aldehydes is 1. The summed E-state index contributed by atoms with van der Waals surface area (Å²) in [6, 6.07) is 11.7. The van der Waals surface area contributed by atoms with E-state index in [0.717, 1.165) is 28.4 Å². The van der Waals surface area contributed by atoms with Crippen LogP contribution >= 0.6 is 11.6 Å². The Morgan fingerprint density at radius 1 is 1.05 bits per heavy atom. The number of hydrogen-bond donors (Lipinski definition) is 1. The van der Waals surface area contributed by atoms with E-state index < -0.39 is 0 Å². The van der Waals surface area contributed by atoms with Gasteiger partial charge in [0.05, 0.1) is 5.69 Å². The molecule has 1 aromatic heterocycles. The maximum absolute atomic E-state index is 11.5. The number of benzene rings is 2. The van der Waals surface area contributed by atoms with E-state index in [2.05, 4.69) is 31.0 Å². The van der Waals surface area contributed by atoms with Crippen LogP contribution in [-0.2, 0) is 0 Å². The van der Waals surface area contributed by atoms with Crippen molar-refractivity contribution in [1.82, 2.24) is 4.98 Å². The molecule has 0 spiro atoms. The van der Waals surface area contributed by atoms with Crippen molar-refractivity contribution in [3.63, 3.8) is 0 Å². The number of halogens is 1. The highest BCUT2D eigenvalue weighted by molar-refractivity contribution is 6.31. The van der Waals surface area contributed by atoms with Crippen LogP contribution in [0.5, 0.6) is 0 Å². The smallest absolute Gasteiger partial charge is 0.152 e. The largest absolute Gasteiger partial charge is 0.354 e. The zero-order valence-electron chi connectivity index (χ0n) is 11.3. The summed E-state index contributed by atoms with van der Waals surface area (Å²) in [5.74, 6) is 0. The zero-order valence-corrected chi connectivity index (χ0v) is 12.1. The van der Waals surface area contributed by atoms with Gasteiger partial charge in [0, 0.05) is 21.5 Å². The zero-order chi connectivity index (χ0) is 14.3. The Labute approximate surface area is 122 Å². The minimum atomic E-state index is 0.631. The molecule has 0 radical (unpaired) electrons. The number of aromatic nitrogens is 1. The third kappa shape index (κ3) is 2.02. The number of carbonyl (C=O) groups is 1. The molecule has 1 N–H and O–H groups in total. The van der Waals surface area contributed by atoms with Crippen LogP contribution < -0.4 is 0 Å². The maximum Gasteiger partial charge on any atom is 0.152 e. The van der Waals surface area contributed by atoms with Crippen molar-refractivity contribution in [2.45, 2.75) is 13.8 Å². The Kier molecular flexibility index (Phi) is 3.11. The van der Waals surface area contributed by atoms with E-state index >= 15 is 0 Å². The van der Waals surface area contributed by atoms with Crippen LogP contribution in [0.3, 0.4) is 0 Å². The van der Waals surface area contributed by atoms with Gasteiger partial charge in [-0.3, -0.25) is 4.79 Å². The van der Waals surface area contributed by atoms with E-state index in [4.69, 9.17) is 11.6 Å². The minimum absolute atomic E-state index is 0.631. The van der Waals surface area contributed by atoms with E-state index in [-0.39, 0.29) is 0 Å². The number of hydrogen-bond acceptors (Lipinski definition) is 1. The lowest BCUT2D eigenvalue weighted by Crippen LogP contribution is -1.87. The lowest BCUT2D eigenvalue weighted by molar-refractivity contribution is 0.112. The van der Waals surface area contributed by atoms with Gasteiger partial charge >= 0.3 is 0 Å². The molecule has 0 fully saturated rings. The summed E-state index contributed by atoms with van der Waals surface area (Å²) in [5.41, 5.74) is 5.88. The lowest BCUT2D eigenvalue weighted by Gasteiger charge is -2.04. The van der Waals surface area contributed by atoms with Crippen molar-refractivity contribution >= 4 is 28.8 Å². The van der Waals surface area contributed by atoms with Crippen LogP contribution in [0.1, 0.15) is 21.5 Å². The number of aryl methyl sites for hydroxylation is 2. The SMILES string of the molecule is Cc1ccc(-c2[nH]c3ccc(Cl)cc3c2C=O)cc1C. The van der Waals surface area contributed by atoms with Crippen LogP contribution in [0.15, 0.2) is 36.4 Å². The van der Waals surface area contributed by atoms with Gasteiger partial charge in [-0.05, 0) is 54.8 Å². The van der Waals surface area contributed by atoms with Crippen molar-refractivity contribution in [2.75, 3.05) is 0 Å². The van der Waals surface area contributed by atoms with E-state index in [1.807, 2.05) is 24.3 Å². The van der Waals surface area contributed by atoms with Gasteiger partial charge in [-0.25, -0.2) is 0 Å². The van der Waals surface area contributed by atoms with Crippen molar-refractivity contribution < 1.29 is 4.79 Å². The first-order chi connectivity index (χ1) is 9.60. The third-order valence-corrected chi connectivity index (χ3v) is 3.95. The predicted molar refractivity (Wildman–Crippen MR) is 83.6 cm³/mol. The third-order valence-electron chi connectivity index (χ3n) is 3.71. The van der Waals surface area contributed by atoms with Crippen LogP contribution in [0.2, 0.25) is 5.02 Å². The molecule has 0 unspecified atom stereocenters. The van der Waals surface area contributed by atoms with E-state index in [1.165, 1.54) is 11.1 Å². The van der Waals surface area contributed by atoms with Crippen molar-refractivity contribution in [1.29, 1.82) is 0 Å². The highest BCUT2D eigenvalue weighted by atomic mass is 35.5. The van der Waals surface area contributed by atoms with Crippen LogP contribution in [-0.4, -0.2) is 11.3 Å². The maximum atomic E-state index is 11.5. The summed E-state index contributed by atoms with van der Waals surface area (Å²) < 4.78 is 0. The summed E-state index contributed by atoms with van der Waals surface area (Å²) in [7, 11) is 0. The lowest BCUT2D eigenvalue weighted by atomic mass is 10.0. The molecule has 0 atom stereocenters. The number of H-pyrrole nitrogens is 1. The monoisotopic (exact) mass is 283 g/mol. The normalized spacial score (nSPS) is 10.9. The van der Waals surface area contributed by atoms with Crippen molar-refractivity contribution in [2.24, 2.45) is 0 Å². The van der Waals surface area contributed by atoms with Crippen LogP contribution in [0.25, 0.3) is 22.2 Å². The number of aromatic amines is 1. The highest BCUT2D eigenvalue weighted by Gasteiger charge is 2.13. The average molecular weight is 284 g/mol. The predicted octanol–water partition coefficient (Wildman–Crippen LogP) is 4.92. The second kappa shape index (κ2) is 4.80. The second-order valence-electron chi connectivity index (χ2n) is 5.02. The van der Waals surface area contributed by atoms with E-state index in [1.54, 1.807) is 0 Å². The first kappa shape index (κ1) is 12.9. The van der Waals surface area contributed by atoms with Crippen molar-refractivity contribution in [3.8, 4) is 11.3 Å². The molecule has 0 amide bonds. The highest BCUT2D eigenvalue weighted by Crippen LogP contribution is 2.31. The molecule has 100 valence electrons. The Bertz CT molecular complexity index is 817. The first-order valence-electron chi connectivity index (χ1n) is 6.44. The summed E-state index contributed by atoms with van der Waals surface area (Å²) in [4.78, 5) is 14.8. The first-order valence-corrected chi connectivity index (χ1v) is 6.82. The topological polar surface area (TPSA) is 32.9 Å². The fourth-order valence-corrected chi connectivity index (χ4v) is 2.60. The molecular weight excluding hydrogens is 270 g/mol. The average Bonchev–Trinajstić information content (AvgIpc) is 2.79. The van der Waals surface area contributed by atoms with Gasteiger partial charge in [-0.1, -0.05) is 23.7 Å². The number of rotatable bonds is 2. The van der Waals surface area contributed by atoms with Crippen LogP contribution in [0.4, 0.5) is 0 Å². The molecule has 2 nitrogen and oxygen atoms in total. The Hall–Kier alpha value is -2.06. The molecule has 1 heterocycles. The minimum Gasteiger partial charge on any atom is -0.354 e. The molecule has 0 saturated carbocycles. The van der Waals surface area contributed by atoms with Crippen molar-refractivity contribution in [3.05, 3.63) is 58.1 Å². The van der Waals surface area contributed by atoms with Gasteiger partial charge in [0.2, 0.25) is 0 Å². The van der Waals surface area contributed by atoms with Gasteiger partial charge in [0.1, 0.15) is 0 Å². The quantitative estimate of drug-likeness (QED) is 0.666. The molecule has 0 aliphatic carbocycles. The molecule has 0 saturated heterocycles. The van der Waals surface area contributed by atoms with E-state index in [0.29, 0.717) is 10.6 Å². The number of fused-ring (bicyclic) bond motifs is 1.